The lowest BCUT2D eigenvalue weighted by Crippen LogP contribution is -2.28. The van der Waals surface area contributed by atoms with Crippen LogP contribution in [0.2, 0.25) is 0 Å². The number of halogens is 1. The summed E-state index contributed by atoms with van der Waals surface area (Å²) in [6, 6.07) is 25.3. The summed E-state index contributed by atoms with van der Waals surface area (Å²) >= 11 is 0. The van der Waals surface area contributed by atoms with Gasteiger partial charge in [-0.2, -0.15) is 5.10 Å². The zero-order valence-electron chi connectivity index (χ0n) is 16.8. The molecule has 1 unspecified atom stereocenters. The van der Waals surface area contributed by atoms with Gasteiger partial charge in [-0.05, 0) is 32.0 Å². The standard InChI is InChI=1S/C25H22FN3O/c1-17(21-15-9-10-16-22(21)26)27-25(30)23-18(2)29(20-13-7-4-8-14-20)28-24(23)19-11-5-3-6-12-19/h3-17H,1-2H3,(H,27,30). The largest absolute Gasteiger partial charge is 0.345 e. The molecule has 0 aliphatic carbocycles. The van der Waals surface area contributed by atoms with Crippen LogP contribution >= 0.6 is 0 Å². The molecule has 5 heteroatoms. The van der Waals surface area contributed by atoms with E-state index >= 15 is 0 Å². The number of rotatable bonds is 5. The van der Waals surface area contributed by atoms with E-state index in [2.05, 4.69) is 5.32 Å². The topological polar surface area (TPSA) is 46.9 Å². The molecule has 150 valence electrons. The summed E-state index contributed by atoms with van der Waals surface area (Å²) in [5.41, 5.74) is 3.95. The molecular formula is C25H22FN3O. The smallest absolute Gasteiger partial charge is 0.255 e. The lowest BCUT2D eigenvalue weighted by Gasteiger charge is -2.15. The van der Waals surface area contributed by atoms with E-state index in [1.165, 1.54) is 6.07 Å². The third-order valence-electron chi connectivity index (χ3n) is 5.11. The van der Waals surface area contributed by atoms with Crippen LogP contribution in [0, 0.1) is 12.7 Å². The molecule has 1 amide bonds. The number of hydrogen-bond acceptors (Lipinski definition) is 2. The molecule has 1 N–H and O–H groups in total. The van der Waals surface area contributed by atoms with Crippen LogP contribution in [0.4, 0.5) is 4.39 Å². The number of para-hydroxylation sites is 1. The van der Waals surface area contributed by atoms with Crippen molar-refractivity contribution in [2.45, 2.75) is 19.9 Å². The molecule has 0 radical (unpaired) electrons. The number of nitrogens with zero attached hydrogens (tertiary/aromatic N) is 2. The highest BCUT2D eigenvalue weighted by atomic mass is 19.1. The first-order valence-electron chi connectivity index (χ1n) is 9.82. The molecular weight excluding hydrogens is 377 g/mol. The van der Waals surface area contributed by atoms with Gasteiger partial charge in [0, 0.05) is 11.1 Å². The van der Waals surface area contributed by atoms with Crippen molar-refractivity contribution in [2.24, 2.45) is 0 Å². The molecule has 0 saturated heterocycles. The summed E-state index contributed by atoms with van der Waals surface area (Å²) < 4.78 is 15.9. The minimum Gasteiger partial charge on any atom is -0.345 e. The molecule has 3 aromatic carbocycles. The second-order valence-corrected chi connectivity index (χ2v) is 7.14. The molecule has 4 rings (SSSR count). The average Bonchev–Trinajstić information content (AvgIpc) is 3.12. The van der Waals surface area contributed by atoms with E-state index in [4.69, 9.17) is 5.10 Å². The van der Waals surface area contributed by atoms with Crippen molar-refractivity contribution < 1.29 is 9.18 Å². The van der Waals surface area contributed by atoms with Crippen molar-refractivity contribution in [1.82, 2.24) is 15.1 Å². The van der Waals surface area contributed by atoms with Gasteiger partial charge >= 0.3 is 0 Å². The van der Waals surface area contributed by atoms with E-state index in [0.29, 0.717) is 16.8 Å². The number of amides is 1. The Morgan fingerprint density at radius 3 is 2.20 bits per heavy atom. The summed E-state index contributed by atoms with van der Waals surface area (Å²) in [5, 5.41) is 7.69. The second-order valence-electron chi connectivity index (χ2n) is 7.14. The highest BCUT2D eigenvalue weighted by Gasteiger charge is 2.24. The van der Waals surface area contributed by atoms with Crippen molar-refractivity contribution in [3.8, 4) is 16.9 Å². The zero-order valence-corrected chi connectivity index (χ0v) is 16.8. The fraction of sp³-hybridized carbons (Fsp3) is 0.120. The maximum Gasteiger partial charge on any atom is 0.255 e. The van der Waals surface area contributed by atoms with E-state index in [1.54, 1.807) is 29.8 Å². The first-order chi connectivity index (χ1) is 14.6. The van der Waals surface area contributed by atoms with Gasteiger partial charge in [0.05, 0.1) is 23.0 Å². The highest BCUT2D eigenvalue weighted by Crippen LogP contribution is 2.28. The van der Waals surface area contributed by atoms with Gasteiger partial charge in [-0.3, -0.25) is 4.79 Å². The third-order valence-corrected chi connectivity index (χ3v) is 5.11. The van der Waals surface area contributed by atoms with Gasteiger partial charge in [-0.15, -0.1) is 0 Å². The van der Waals surface area contributed by atoms with Gasteiger partial charge < -0.3 is 5.32 Å². The number of aromatic nitrogens is 2. The highest BCUT2D eigenvalue weighted by molar-refractivity contribution is 6.01. The molecule has 4 nitrogen and oxygen atoms in total. The first kappa shape index (κ1) is 19.6. The van der Waals surface area contributed by atoms with Crippen LogP contribution in [0.3, 0.4) is 0 Å². The Kier molecular flexibility index (Phi) is 5.44. The number of carbonyl (C=O) groups is 1. The lowest BCUT2D eigenvalue weighted by atomic mass is 10.0. The molecule has 30 heavy (non-hydrogen) atoms. The molecule has 0 aliphatic rings. The summed E-state index contributed by atoms with van der Waals surface area (Å²) in [6.07, 6.45) is 0. The molecule has 0 aliphatic heterocycles. The Bertz CT molecular complexity index is 1170. The number of carbonyl (C=O) groups excluding carboxylic acids is 1. The Morgan fingerprint density at radius 2 is 1.53 bits per heavy atom. The Labute approximate surface area is 175 Å². The first-order valence-corrected chi connectivity index (χ1v) is 9.82. The van der Waals surface area contributed by atoms with Gasteiger partial charge in [-0.1, -0.05) is 66.7 Å². The SMILES string of the molecule is Cc1c(C(=O)NC(C)c2ccccc2F)c(-c2ccccc2)nn1-c1ccccc1. The molecule has 0 spiro atoms. The van der Waals surface area contributed by atoms with Crippen molar-refractivity contribution in [2.75, 3.05) is 0 Å². The van der Waals surface area contributed by atoms with Crippen LogP contribution in [-0.2, 0) is 0 Å². The Hall–Kier alpha value is -3.73. The molecule has 0 fully saturated rings. The van der Waals surface area contributed by atoms with E-state index in [1.807, 2.05) is 67.6 Å². The minimum absolute atomic E-state index is 0.288. The van der Waals surface area contributed by atoms with E-state index in [9.17, 15) is 9.18 Å². The van der Waals surface area contributed by atoms with Crippen LogP contribution in [0.5, 0.6) is 0 Å². The molecule has 1 heterocycles. The fourth-order valence-electron chi connectivity index (χ4n) is 3.57. The number of hydrogen-bond donors (Lipinski definition) is 1. The fourth-order valence-corrected chi connectivity index (χ4v) is 3.57. The molecule has 0 saturated carbocycles. The monoisotopic (exact) mass is 399 g/mol. The molecule has 1 aromatic heterocycles. The minimum atomic E-state index is -0.484. The van der Waals surface area contributed by atoms with E-state index in [-0.39, 0.29) is 11.7 Å². The molecule has 1 atom stereocenters. The summed E-state index contributed by atoms with van der Waals surface area (Å²) in [6.45, 7) is 3.64. The van der Waals surface area contributed by atoms with Gasteiger partial charge in [0.2, 0.25) is 0 Å². The number of benzene rings is 3. The third kappa shape index (κ3) is 3.74. The van der Waals surface area contributed by atoms with E-state index < -0.39 is 6.04 Å². The predicted octanol–water partition coefficient (Wildman–Crippen LogP) is 5.48. The predicted molar refractivity (Wildman–Crippen MR) is 116 cm³/mol. The Balaban J connectivity index is 1.77. The second kappa shape index (κ2) is 8.33. The normalized spacial score (nSPS) is 11.8. The zero-order chi connectivity index (χ0) is 21.1. The summed E-state index contributed by atoms with van der Waals surface area (Å²) in [5.74, 6) is -0.630. The van der Waals surface area contributed by atoms with Crippen LogP contribution in [-0.4, -0.2) is 15.7 Å². The molecule has 4 aromatic rings. The Morgan fingerprint density at radius 1 is 0.933 bits per heavy atom. The lowest BCUT2D eigenvalue weighted by molar-refractivity contribution is 0.0939. The quantitative estimate of drug-likeness (QED) is 0.483. The van der Waals surface area contributed by atoms with Gasteiger partial charge in [-0.25, -0.2) is 9.07 Å². The summed E-state index contributed by atoms with van der Waals surface area (Å²) in [7, 11) is 0. The van der Waals surface area contributed by atoms with Crippen LogP contribution in [0.1, 0.15) is 34.6 Å². The van der Waals surface area contributed by atoms with Crippen molar-refractivity contribution in [1.29, 1.82) is 0 Å². The van der Waals surface area contributed by atoms with Crippen LogP contribution < -0.4 is 5.32 Å². The van der Waals surface area contributed by atoms with Crippen LogP contribution in [0.25, 0.3) is 16.9 Å². The van der Waals surface area contributed by atoms with Crippen molar-refractivity contribution in [3.05, 3.63) is 108 Å². The maximum atomic E-state index is 14.2. The average molecular weight is 399 g/mol. The maximum absolute atomic E-state index is 14.2. The van der Waals surface area contributed by atoms with Crippen molar-refractivity contribution >= 4 is 5.91 Å². The summed E-state index contributed by atoms with van der Waals surface area (Å²) in [4.78, 5) is 13.3. The van der Waals surface area contributed by atoms with Gasteiger partial charge in [0.25, 0.3) is 5.91 Å². The number of nitrogens with one attached hydrogen (secondary N) is 1. The van der Waals surface area contributed by atoms with Crippen molar-refractivity contribution in [3.63, 3.8) is 0 Å². The van der Waals surface area contributed by atoms with Gasteiger partial charge in [0.1, 0.15) is 11.5 Å². The van der Waals surface area contributed by atoms with Crippen LogP contribution in [0.15, 0.2) is 84.9 Å². The van der Waals surface area contributed by atoms with Gasteiger partial charge in [0.15, 0.2) is 0 Å². The van der Waals surface area contributed by atoms with E-state index in [0.717, 1.165) is 16.9 Å². The molecule has 0 bridgehead atoms.